The lowest BCUT2D eigenvalue weighted by molar-refractivity contribution is 0.0996. The lowest BCUT2D eigenvalue weighted by Gasteiger charge is -2.11. The summed E-state index contributed by atoms with van der Waals surface area (Å²) in [7, 11) is 0. The number of anilines is 1. The standard InChI is InChI=1S/C13H12N2O3S/c14-12(19)8-18-10-5-2-1-4-9(10)15-13(16)11-6-3-7-17-11/h1-7H,8H2,(H2,14,19)(H,15,16). The lowest BCUT2D eigenvalue weighted by Crippen LogP contribution is -2.19. The number of nitrogens with one attached hydrogen (secondary N) is 1. The van der Waals surface area contributed by atoms with Crippen molar-refractivity contribution in [3.63, 3.8) is 0 Å². The Labute approximate surface area is 115 Å². The summed E-state index contributed by atoms with van der Waals surface area (Å²) >= 11 is 4.74. The van der Waals surface area contributed by atoms with Crippen molar-refractivity contribution in [2.45, 2.75) is 0 Å². The molecule has 0 spiro atoms. The molecular weight excluding hydrogens is 264 g/mol. The zero-order chi connectivity index (χ0) is 13.7. The quantitative estimate of drug-likeness (QED) is 0.819. The molecule has 0 radical (unpaired) electrons. The van der Waals surface area contributed by atoms with Crippen molar-refractivity contribution in [1.29, 1.82) is 0 Å². The van der Waals surface area contributed by atoms with Crippen molar-refractivity contribution < 1.29 is 13.9 Å². The van der Waals surface area contributed by atoms with E-state index in [2.05, 4.69) is 5.32 Å². The Morgan fingerprint density at radius 2 is 2.11 bits per heavy atom. The van der Waals surface area contributed by atoms with Gasteiger partial charge in [0, 0.05) is 0 Å². The Bertz CT molecular complexity index is 581. The third-order valence-corrected chi connectivity index (χ3v) is 2.37. The highest BCUT2D eigenvalue weighted by Gasteiger charge is 2.11. The molecule has 19 heavy (non-hydrogen) atoms. The molecular formula is C13H12N2O3S. The maximum atomic E-state index is 11.9. The van der Waals surface area contributed by atoms with E-state index in [-0.39, 0.29) is 23.3 Å². The molecule has 5 nitrogen and oxygen atoms in total. The van der Waals surface area contributed by atoms with Gasteiger partial charge in [0.05, 0.1) is 12.0 Å². The van der Waals surface area contributed by atoms with Crippen molar-refractivity contribution >= 4 is 28.8 Å². The van der Waals surface area contributed by atoms with E-state index >= 15 is 0 Å². The van der Waals surface area contributed by atoms with Gasteiger partial charge in [-0.25, -0.2) is 0 Å². The number of para-hydroxylation sites is 2. The molecule has 6 heteroatoms. The fourth-order valence-electron chi connectivity index (χ4n) is 1.44. The van der Waals surface area contributed by atoms with Gasteiger partial charge in [-0.05, 0) is 24.3 Å². The molecule has 1 amide bonds. The van der Waals surface area contributed by atoms with Crippen LogP contribution in [0.4, 0.5) is 5.69 Å². The lowest BCUT2D eigenvalue weighted by atomic mass is 10.3. The number of thiocarbonyl (C=S) groups is 1. The van der Waals surface area contributed by atoms with E-state index in [4.69, 9.17) is 27.1 Å². The smallest absolute Gasteiger partial charge is 0.291 e. The van der Waals surface area contributed by atoms with Crippen molar-refractivity contribution in [2.24, 2.45) is 5.73 Å². The van der Waals surface area contributed by atoms with E-state index in [0.717, 1.165) is 0 Å². The number of ether oxygens (including phenoxy) is 1. The molecule has 0 aliphatic heterocycles. The van der Waals surface area contributed by atoms with E-state index in [0.29, 0.717) is 11.4 Å². The SMILES string of the molecule is NC(=S)COc1ccccc1NC(=O)c1ccco1. The van der Waals surface area contributed by atoms with Gasteiger partial charge in [-0.15, -0.1) is 0 Å². The monoisotopic (exact) mass is 276 g/mol. The summed E-state index contributed by atoms with van der Waals surface area (Å²) in [5, 5.41) is 2.69. The number of furan rings is 1. The second-order valence-electron chi connectivity index (χ2n) is 3.68. The fraction of sp³-hybridized carbons (Fsp3) is 0.0769. The van der Waals surface area contributed by atoms with Gasteiger partial charge in [0.15, 0.2) is 5.76 Å². The van der Waals surface area contributed by atoms with E-state index in [1.54, 1.807) is 36.4 Å². The van der Waals surface area contributed by atoms with Crippen LogP contribution in [0.15, 0.2) is 47.1 Å². The third-order valence-electron chi connectivity index (χ3n) is 2.25. The van der Waals surface area contributed by atoms with Crippen LogP contribution in [0, 0.1) is 0 Å². The summed E-state index contributed by atoms with van der Waals surface area (Å²) < 4.78 is 10.4. The highest BCUT2D eigenvalue weighted by atomic mass is 32.1. The summed E-state index contributed by atoms with van der Waals surface area (Å²) in [5.74, 6) is 0.371. The van der Waals surface area contributed by atoms with Crippen LogP contribution in [-0.2, 0) is 0 Å². The Kier molecular flexibility index (Phi) is 4.15. The topological polar surface area (TPSA) is 77.5 Å². The van der Waals surface area contributed by atoms with Crippen LogP contribution in [0.2, 0.25) is 0 Å². The average Bonchev–Trinajstić information content (AvgIpc) is 2.91. The molecule has 98 valence electrons. The summed E-state index contributed by atoms with van der Waals surface area (Å²) in [4.78, 5) is 12.1. The molecule has 1 aromatic heterocycles. The van der Waals surface area contributed by atoms with Crippen molar-refractivity contribution in [3.8, 4) is 5.75 Å². The molecule has 0 aliphatic rings. The number of amides is 1. The van der Waals surface area contributed by atoms with E-state index < -0.39 is 0 Å². The van der Waals surface area contributed by atoms with Crippen LogP contribution in [-0.4, -0.2) is 17.5 Å². The maximum absolute atomic E-state index is 11.9. The largest absolute Gasteiger partial charge is 0.484 e. The van der Waals surface area contributed by atoms with E-state index in [1.165, 1.54) is 6.26 Å². The Balaban J connectivity index is 2.11. The number of rotatable bonds is 5. The summed E-state index contributed by atoms with van der Waals surface area (Å²) in [5.41, 5.74) is 5.90. The van der Waals surface area contributed by atoms with Crippen LogP contribution in [0.25, 0.3) is 0 Å². The predicted octanol–water partition coefficient (Wildman–Crippen LogP) is 2.20. The number of benzene rings is 1. The fourth-order valence-corrected chi connectivity index (χ4v) is 1.50. The molecule has 0 bridgehead atoms. The van der Waals surface area contributed by atoms with Crippen LogP contribution in [0.3, 0.4) is 0 Å². The number of carbonyl (C=O) groups excluding carboxylic acids is 1. The number of carbonyl (C=O) groups is 1. The zero-order valence-electron chi connectivity index (χ0n) is 9.96. The summed E-state index contributed by atoms with van der Waals surface area (Å²) in [6.45, 7) is 0.114. The molecule has 0 saturated heterocycles. The highest BCUT2D eigenvalue weighted by Crippen LogP contribution is 2.24. The number of hydrogen-bond acceptors (Lipinski definition) is 4. The molecule has 2 aromatic rings. The second kappa shape index (κ2) is 6.01. The first-order valence-corrected chi connectivity index (χ1v) is 5.92. The van der Waals surface area contributed by atoms with Gasteiger partial charge in [0.1, 0.15) is 17.3 Å². The highest BCUT2D eigenvalue weighted by molar-refractivity contribution is 7.80. The Morgan fingerprint density at radius 3 is 2.79 bits per heavy atom. The van der Waals surface area contributed by atoms with Gasteiger partial charge in [-0.3, -0.25) is 4.79 Å². The van der Waals surface area contributed by atoms with Crippen LogP contribution in [0.1, 0.15) is 10.6 Å². The minimum atomic E-state index is -0.351. The molecule has 0 fully saturated rings. The minimum Gasteiger partial charge on any atom is -0.484 e. The predicted molar refractivity (Wildman–Crippen MR) is 75.4 cm³/mol. The van der Waals surface area contributed by atoms with Crippen molar-refractivity contribution in [1.82, 2.24) is 0 Å². The van der Waals surface area contributed by atoms with Crippen LogP contribution < -0.4 is 15.8 Å². The number of nitrogens with two attached hydrogens (primary N) is 1. The third kappa shape index (κ3) is 3.56. The van der Waals surface area contributed by atoms with Gasteiger partial charge in [0.25, 0.3) is 5.91 Å². The second-order valence-corrected chi connectivity index (χ2v) is 4.21. The van der Waals surface area contributed by atoms with Gasteiger partial charge in [0.2, 0.25) is 0 Å². The zero-order valence-corrected chi connectivity index (χ0v) is 10.8. The van der Waals surface area contributed by atoms with Crippen LogP contribution in [0.5, 0.6) is 5.75 Å². The summed E-state index contributed by atoms with van der Waals surface area (Å²) in [6.07, 6.45) is 1.43. The maximum Gasteiger partial charge on any atom is 0.291 e. The van der Waals surface area contributed by atoms with E-state index in [9.17, 15) is 4.79 Å². The van der Waals surface area contributed by atoms with Crippen molar-refractivity contribution in [3.05, 3.63) is 48.4 Å². The van der Waals surface area contributed by atoms with Gasteiger partial charge >= 0.3 is 0 Å². The molecule has 0 unspecified atom stereocenters. The molecule has 0 aliphatic carbocycles. The van der Waals surface area contributed by atoms with Crippen molar-refractivity contribution in [2.75, 3.05) is 11.9 Å². The Hall–Kier alpha value is -2.34. The Morgan fingerprint density at radius 1 is 1.32 bits per heavy atom. The number of hydrogen-bond donors (Lipinski definition) is 2. The van der Waals surface area contributed by atoms with Gasteiger partial charge in [-0.1, -0.05) is 24.4 Å². The normalized spacial score (nSPS) is 9.89. The molecule has 1 aromatic carbocycles. The molecule has 3 N–H and O–H groups in total. The molecule has 1 heterocycles. The first-order chi connectivity index (χ1) is 9.16. The molecule has 0 atom stereocenters. The molecule has 2 rings (SSSR count). The average molecular weight is 276 g/mol. The van der Waals surface area contributed by atoms with Gasteiger partial charge in [-0.2, -0.15) is 0 Å². The van der Waals surface area contributed by atoms with Gasteiger partial charge < -0.3 is 20.2 Å². The minimum absolute atomic E-state index is 0.114. The first-order valence-electron chi connectivity index (χ1n) is 5.52. The summed E-state index contributed by atoms with van der Waals surface area (Å²) in [6, 6.07) is 10.2. The molecule has 0 saturated carbocycles. The van der Waals surface area contributed by atoms with E-state index in [1.807, 2.05) is 0 Å². The van der Waals surface area contributed by atoms with Crippen LogP contribution >= 0.6 is 12.2 Å². The first kappa shape index (κ1) is 13.1.